The van der Waals surface area contributed by atoms with Crippen LogP contribution in [-0.4, -0.2) is 0 Å². The van der Waals surface area contributed by atoms with E-state index in [0.717, 1.165) is 11.3 Å². The molecule has 14 heavy (non-hydrogen) atoms. The SMILES string of the molecule is CC(C)c1ccc2c(c1)[C@H](N)C=CO2. The summed E-state index contributed by atoms with van der Waals surface area (Å²) >= 11 is 0. The topological polar surface area (TPSA) is 35.2 Å². The molecule has 2 N–H and O–H groups in total. The third-order valence-corrected chi connectivity index (χ3v) is 2.54. The van der Waals surface area contributed by atoms with E-state index in [0.29, 0.717) is 5.92 Å². The second-order valence-corrected chi connectivity index (χ2v) is 3.92. The lowest BCUT2D eigenvalue weighted by atomic mass is 9.96. The molecule has 0 bridgehead atoms. The molecule has 1 aromatic rings. The molecule has 0 amide bonds. The van der Waals surface area contributed by atoms with Gasteiger partial charge in [-0.05, 0) is 29.7 Å². The average Bonchev–Trinajstić information content (AvgIpc) is 2.18. The Morgan fingerprint density at radius 1 is 1.36 bits per heavy atom. The average molecular weight is 189 g/mol. The van der Waals surface area contributed by atoms with E-state index in [1.165, 1.54) is 5.56 Å². The summed E-state index contributed by atoms with van der Waals surface area (Å²) in [5.41, 5.74) is 8.33. The molecule has 2 nitrogen and oxygen atoms in total. The summed E-state index contributed by atoms with van der Waals surface area (Å²) in [5.74, 6) is 1.41. The Balaban J connectivity index is 2.44. The smallest absolute Gasteiger partial charge is 0.131 e. The lowest BCUT2D eigenvalue weighted by Crippen LogP contribution is -2.12. The van der Waals surface area contributed by atoms with Crippen LogP contribution in [0.4, 0.5) is 0 Å². The first kappa shape index (κ1) is 9.28. The van der Waals surface area contributed by atoms with E-state index in [2.05, 4.69) is 26.0 Å². The van der Waals surface area contributed by atoms with Crippen LogP contribution in [0.1, 0.15) is 36.9 Å². The van der Waals surface area contributed by atoms with Gasteiger partial charge in [0.05, 0.1) is 12.3 Å². The molecule has 0 saturated carbocycles. The van der Waals surface area contributed by atoms with Crippen molar-refractivity contribution in [1.29, 1.82) is 0 Å². The molecule has 0 aliphatic carbocycles. The van der Waals surface area contributed by atoms with Gasteiger partial charge in [0.2, 0.25) is 0 Å². The normalized spacial score (nSPS) is 19.3. The first-order valence-corrected chi connectivity index (χ1v) is 4.91. The van der Waals surface area contributed by atoms with Crippen molar-refractivity contribution in [1.82, 2.24) is 0 Å². The number of hydrogen-bond donors (Lipinski definition) is 1. The van der Waals surface area contributed by atoms with Gasteiger partial charge in [-0.15, -0.1) is 0 Å². The largest absolute Gasteiger partial charge is 0.465 e. The Morgan fingerprint density at radius 2 is 2.14 bits per heavy atom. The molecule has 1 aliphatic rings. The summed E-state index contributed by atoms with van der Waals surface area (Å²) in [6, 6.07) is 6.19. The van der Waals surface area contributed by atoms with E-state index in [1.54, 1.807) is 6.26 Å². The van der Waals surface area contributed by atoms with Crippen molar-refractivity contribution in [3.05, 3.63) is 41.7 Å². The summed E-state index contributed by atoms with van der Waals surface area (Å²) in [6.45, 7) is 4.35. The summed E-state index contributed by atoms with van der Waals surface area (Å²) in [6.07, 6.45) is 3.52. The molecule has 1 aliphatic heterocycles. The van der Waals surface area contributed by atoms with Crippen LogP contribution in [-0.2, 0) is 0 Å². The minimum Gasteiger partial charge on any atom is -0.465 e. The summed E-state index contributed by atoms with van der Waals surface area (Å²) in [4.78, 5) is 0. The molecule has 0 fully saturated rings. The highest BCUT2D eigenvalue weighted by molar-refractivity contribution is 5.43. The molecular formula is C12H15NO. The first-order chi connectivity index (χ1) is 6.68. The number of benzene rings is 1. The molecule has 0 spiro atoms. The molecule has 0 radical (unpaired) electrons. The van der Waals surface area contributed by atoms with Crippen LogP contribution in [0.2, 0.25) is 0 Å². The number of ether oxygens (including phenoxy) is 1. The Kier molecular flexibility index (Phi) is 2.30. The van der Waals surface area contributed by atoms with Gasteiger partial charge < -0.3 is 10.5 Å². The van der Waals surface area contributed by atoms with Gasteiger partial charge in [-0.2, -0.15) is 0 Å². The highest BCUT2D eigenvalue weighted by atomic mass is 16.5. The van der Waals surface area contributed by atoms with E-state index in [-0.39, 0.29) is 6.04 Å². The summed E-state index contributed by atoms with van der Waals surface area (Å²) in [7, 11) is 0. The van der Waals surface area contributed by atoms with Gasteiger partial charge in [0.25, 0.3) is 0 Å². The van der Waals surface area contributed by atoms with Crippen molar-refractivity contribution >= 4 is 0 Å². The predicted octanol–water partition coefficient (Wildman–Crippen LogP) is 2.72. The van der Waals surface area contributed by atoms with E-state index in [1.807, 2.05) is 12.1 Å². The van der Waals surface area contributed by atoms with Gasteiger partial charge in [-0.1, -0.05) is 19.9 Å². The van der Waals surface area contributed by atoms with Crippen LogP contribution in [0, 0.1) is 0 Å². The zero-order valence-corrected chi connectivity index (χ0v) is 8.53. The molecule has 0 aromatic heterocycles. The monoisotopic (exact) mass is 189 g/mol. The molecule has 0 saturated heterocycles. The van der Waals surface area contributed by atoms with Crippen LogP contribution >= 0.6 is 0 Å². The number of nitrogens with two attached hydrogens (primary N) is 1. The fourth-order valence-electron chi connectivity index (χ4n) is 1.59. The maximum Gasteiger partial charge on any atom is 0.131 e. The van der Waals surface area contributed by atoms with Crippen molar-refractivity contribution in [2.45, 2.75) is 25.8 Å². The maximum absolute atomic E-state index is 5.95. The molecule has 1 atom stereocenters. The second-order valence-electron chi connectivity index (χ2n) is 3.92. The van der Waals surface area contributed by atoms with Crippen molar-refractivity contribution in [2.24, 2.45) is 5.73 Å². The lowest BCUT2D eigenvalue weighted by molar-refractivity contribution is 0.454. The zero-order valence-electron chi connectivity index (χ0n) is 8.53. The van der Waals surface area contributed by atoms with Gasteiger partial charge in [0.15, 0.2) is 0 Å². The van der Waals surface area contributed by atoms with Crippen LogP contribution in [0.5, 0.6) is 5.75 Å². The van der Waals surface area contributed by atoms with Crippen molar-refractivity contribution < 1.29 is 4.74 Å². The number of hydrogen-bond acceptors (Lipinski definition) is 2. The highest BCUT2D eigenvalue weighted by Gasteiger charge is 2.14. The minimum absolute atomic E-state index is 0.0301. The highest BCUT2D eigenvalue weighted by Crippen LogP contribution is 2.31. The fourth-order valence-corrected chi connectivity index (χ4v) is 1.59. The Bertz CT molecular complexity index is 369. The summed E-state index contributed by atoms with van der Waals surface area (Å²) < 4.78 is 5.37. The van der Waals surface area contributed by atoms with E-state index >= 15 is 0 Å². The standard InChI is InChI=1S/C12H15NO/c1-8(2)9-3-4-12-10(7-9)11(13)5-6-14-12/h3-8,11H,13H2,1-2H3/t11-/m1/s1. The predicted molar refractivity (Wildman–Crippen MR) is 57.2 cm³/mol. The molecule has 1 heterocycles. The quantitative estimate of drug-likeness (QED) is 0.737. The van der Waals surface area contributed by atoms with Gasteiger partial charge in [0, 0.05) is 5.56 Å². The molecule has 2 rings (SSSR count). The number of fused-ring (bicyclic) bond motifs is 1. The third kappa shape index (κ3) is 1.53. The Morgan fingerprint density at radius 3 is 2.86 bits per heavy atom. The molecule has 74 valence electrons. The van der Waals surface area contributed by atoms with Gasteiger partial charge >= 0.3 is 0 Å². The molecule has 2 heteroatoms. The lowest BCUT2D eigenvalue weighted by Gasteiger charge is -2.19. The van der Waals surface area contributed by atoms with Crippen molar-refractivity contribution in [2.75, 3.05) is 0 Å². The minimum atomic E-state index is -0.0301. The maximum atomic E-state index is 5.95. The van der Waals surface area contributed by atoms with Crippen LogP contribution in [0.25, 0.3) is 0 Å². The molecule has 0 unspecified atom stereocenters. The number of rotatable bonds is 1. The summed E-state index contributed by atoms with van der Waals surface area (Å²) in [5, 5.41) is 0. The molecule has 1 aromatic carbocycles. The van der Waals surface area contributed by atoms with Gasteiger partial charge in [-0.25, -0.2) is 0 Å². The van der Waals surface area contributed by atoms with Crippen LogP contribution in [0.3, 0.4) is 0 Å². The third-order valence-electron chi connectivity index (χ3n) is 2.54. The van der Waals surface area contributed by atoms with Crippen LogP contribution in [0.15, 0.2) is 30.5 Å². The van der Waals surface area contributed by atoms with Crippen molar-refractivity contribution in [3.63, 3.8) is 0 Å². The fraction of sp³-hybridized carbons (Fsp3) is 0.333. The van der Waals surface area contributed by atoms with Crippen molar-refractivity contribution in [3.8, 4) is 5.75 Å². The zero-order chi connectivity index (χ0) is 10.1. The second kappa shape index (κ2) is 3.46. The van der Waals surface area contributed by atoms with E-state index in [9.17, 15) is 0 Å². The van der Waals surface area contributed by atoms with E-state index in [4.69, 9.17) is 10.5 Å². The Hall–Kier alpha value is -1.28. The van der Waals surface area contributed by atoms with E-state index < -0.39 is 0 Å². The van der Waals surface area contributed by atoms with Gasteiger partial charge in [0.1, 0.15) is 5.75 Å². The van der Waals surface area contributed by atoms with Gasteiger partial charge in [-0.3, -0.25) is 0 Å². The molecular weight excluding hydrogens is 174 g/mol. The Labute approximate surface area is 84.4 Å². The van der Waals surface area contributed by atoms with Crippen LogP contribution < -0.4 is 10.5 Å². The first-order valence-electron chi connectivity index (χ1n) is 4.91.